The van der Waals surface area contributed by atoms with Gasteiger partial charge in [0.15, 0.2) is 0 Å². The van der Waals surface area contributed by atoms with E-state index < -0.39 is 0 Å². The van der Waals surface area contributed by atoms with E-state index in [0.29, 0.717) is 6.41 Å². The lowest BCUT2D eigenvalue weighted by Crippen LogP contribution is -2.05. The van der Waals surface area contributed by atoms with Crippen molar-refractivity contribution in [3.05, 3.63) is 12.4 Å². The molecule has 0 aromatic rings. The molecule has 2 N–H and O–H groups in total. The van der Waals surface area contributed by atoms with Crippen LogP contribution in [-0.2, 0) is 4.79 Å². The second kappa shape index (κ2) is 3.02. The fourth-order valence-electron chi connectivity index (χ4n) is 0.100. The van der Waals surface area contributed by atoms with Crippen LogP contribution >= 0.6 is 0 Å². The van der Waals surface area contributed by atoms with Crippen molar-refractivity contribution in [1.82, 2.24) is 5.32 Å². The second-order valence-electron chi connectivity index (χ2n) is 0.821. The number of carbonyl (C=O) groups is 1. The SMILES string of the molecule is C=C(N=N)NC=O. The zero-order chi connectivity index (χ0) is 5.70. The van der Waals surface area contributed by atoms with Crippen LogP contribution in [0.25, 0.3) is 0 Å². The zero-order valence-electron chi connectivity index (χ0n) is 3.64. The van der Waals surface area contributed by atoms with E-state index in [1.807, 2.05) is 0 Å². The third-order valence-electron chi connectivity index (χ3n) is 0.360. The van der Waals surface area contributed by atoms with Crippen LogP contribution < -0.4 is 5.32 Å². The Morgan fingerprint density at radius 3 is 2.71 bits per heavy atom. The molecule has 4 heteroatoms. The van der Waals surface area contributed by atoms with Gasteiger partial charge in [-0.05, 0) is 0 Å². The first-order chi connectivity index (χ1) is 3.31. The molecule has 0 saturated heterocycles. The zero-order valence-corrected chi connectivity index (χ0v) is 3.64. The highest BCUT2D eigenvalue weighted by molar-refractivity contribution is 5.49. The Hall–Kier alpha value is -1.19. The van der Waals surface area contributed by atoms with Crippen LogP contribution in [0.5, 0.6) is 0 Å². The quantitative estimate of drug-likeness (QED) is 0.386. The molecule has 0 spiro atoms. The molecule has 0 aliphatic carbocycles. The van der Waals surface area contributed by atoms with Gasteiger partial charge in [-0.1, -0.05) is 6.58 Å². The van der Waals surface area contributed by atoms with Crippen LogP contribution in [0.1, 0.15) is 0 Å². The van der Waals surface area contributed by atoms with Crippen molar-refractivity contribution in [3.63, 3.8) is 0 Å². The third kappa shape index (κ3) is 2.62. The molecule has 7 heavy (non-hydrogen) atoms. The summed E-state index contributed by atoms with van der Waals surface area (Å²) in [5, 5.41) is 4.86. The summed E-state index contributed by atoms with van der Waals surface area (Å²) in [6.07, 6.45) is 0.417. The van der Waals surface area contributed by atoms with E-state index in [4.69, 9.17) is 5.53 Å². The maximum Gasteiger partial charge on any atom is 0.212 e. The molecule has 0 atom stereocenters. The van der Waals surface area contributed by atoms with Gasteiger partial charge in [-0.15, -0.1) is 5.11 Å². The molecule has 0 radical (unpaired) electrons. The molecular formula is C3H5N3O. The molecule has 38 valence electrons. The molecule has 0 aliphatic rings. The van der Waals surface area contributed by atoms with Crippen LogP contribution in [0.15, 0.2) is 17.5 Å². The van der Waals surface area contributed by atoms with E-state index in [1.165, 1.54) is 0 Å². The number of amides is 1. The first kappa shape index (κ1) is 5.81. The average Bonchev–Trinajstić information content (AvgIpc) is 1.68. The number of hydrogen-bond acceptors (Lipinski definition) is 3. The van der Waals surface area contributed by atoms with E-state index >= 15 is 0 Å². The Kier molecular flexibility index (Phi) is 2.50. The van der Waals surface area contributed by atoms with Crippen molar-refractivity contribution in [2.45, 2.75) is 0 Å². The van der Waals surface area contributed by atoms with Gasteiger partial charge in [0.1, 0.15) is 5.82 Å². The van der Waals surface area contributed by atoms with Gasteiger partial charge in [0.25, 0.3) is 0 Å². The fourth-order valence-corrected chi connectivity index (χ4v) is 0.100. The van der Waals surface area contributed by atoms with Gasteiger partial charge in [0, 0.05) is 0 Å². The molecular weight excluding hydrogens is 94.1 g/mol. The van der Waals surface area contributed by atoms with Crippen molar-refractivity contribution in [1.29, 1.82) is 5.53 Å². The summed E-state index contributed by atoms with van der Waals surface area (Å²) in [4.78, 5) is 9.46. The van der Waals surface area contributed by atoms with Crippen molar-refractivity contribution in [2.24, 2.45) is 5.11 Å². The number of hydrogen-bond donors (Lipinski definition) is 2. The topological polar surface area (TPSA) is 65.3 Å². The Labute approximate surface area is 40.7 Å². The minimum atomic E-state index is 0.0509. The predicted molar refractivity (Wildman–Crippen MR) is 23.5 cm³/mol. The van der Waals surface area contributed by atoms with Crippen LogP contribution in [-0.4, -0.2) is 6.41 Å². The molecule has 1 amide bonds. The molecule has 4 nitrogen and oxygen atoms in total. The molecule has 0 fully saturated rings. The molecule has 0 heterocycles. The Morgan fingerprint density at radius 1 is 2.00 bits per heavy atom. The number of nitrogens with one attached hydrogen (secondary N) is 2. The number of rotatable bonds is 3. The van der Waals surface area contributed by atoms with E-state index in [2.05, 4.69) is 17.0 Å². The fraction of sp³-hybridized carbons (Fsp3) is 0. The molecule has 0 rings (SSSR count). The summed E-state index contributed by atoms with van der Waals surface area (Å²) in [5.74, 6) is 0.0509. The molecule has 0 aliphatic heterocycles. The van der Waals surface area contributed by atoms with E-state index in [9.17, 15) is 4.79 Å². The number of carbonyl (C=O) groups excluding carboxylic acids is 1. The van der Waals surface area contributed by atoms with E-state index in [0.717, 1.165) is 0 Å². The Bertz CT molecular complexity index is 98.4. The summed E-state index contributed by atoms with van der Waals surface area (Å²) in [6.45, 7) is 3.17. The summed E-state index contributed by atoms with van der Waals surface area (Å²) >= 11 is 0. The molecule has 0 saturated carbocycles. The third-order valence-corrected chi connectivity index (χ3v) is 0.360. The highest BCUT2D eigenvalue weighted by atomic mass is 16.1. The minimum absolute atomic E-state index is 0.0509. The first-order valence-corrected chi connectivity index (χ1v) is 1.58. The van der Waals surface area contributed by atoms with Crippen molar-refractivity contribution in [2.75, 3.05) is 0 Å². The highest BCUT2D eigenvalue weighted by Gasteiger charge is 1.78. The van der Waals surface area contributed by atoms with Crippen molar-refractivity contribution in [3.8, 4) is 0 Å². The van der Waals surface area contributed by atoms with Gasteiger partial charge in [-0.25, -0.2) is 5.53 Å². The Morgan fingerprint density at radius 2 is 2.57 bits per heavy atom. The van der Waals surface area contributed by atoms with Gasteiger partial charge in [-0.2, -0.15) is 0 Å². The summed E-state index contributed by atoms with van der Waals surface area (Å²) in [6, 6.07) is 0. The van der Waals surface area contributed by atoms with Gasteiger partial charge in [0.05, 0.1) is 0 Å². The van der Waals surface area contributed by atoms with Crippen LogP contribution in [0.2, 0.25) is 0 Å². The standard InChI is InChI=1S/C3H5N3O/c1-3(6-4)5-2-7/h2,4H,1H2,(H,5,7). The number of nitrogens with zero attached hydrogens (tertiary/aromatic N) is 1. The van der Waals surface area contributed by atoms with Crippen molar-refractivity contribution >= 4 is 6.41 Å². The normalized spacial score (nSPS) is 6.86. The molecule has 0 unspecified atom stereocenters. The minimum Gasteiger partial charge on any atom is -0.312 e. The summed E-state index contributed by atoms with van der Waals surface area (Å²) in [5.41, 5.74) is 6.22. The summed E-state index contributed by atoms with van der Waals surface area (Å²) in [7, 11) is 0. The van der Waals surface area contributed by atoms with Crippen LogP contribution in [0, 0.1) is 5.53 Å². The maximum atomic E-state index is 9.46. The summed E-state index contributed by atoms with van der Waals surface area (Å²) < 4.78 is 0. The highest BCUT2D eigenvalue weighted by Crippen LogP contribution is 1.77. The largest absolute Gasteiger partial charge is 0.312 e. The van der Waals surface area contributed by atoms with E-state index in [-0.39, 0.29) is 5.82 Å². The van der Waals surface area contributed by atoms with Crippen molar-refractivity contribution < 1.29 is 4.79 Å². The lowest BCUT2D eigenvalue weighted by Gasteiger charge is -1.86. The van der Waals surface area contributed by atoms with Gasteiger partial charge in [-0.3, -0.25) is 4.79 Å². The molecule has 0 aromatic carbocycles. The monoisotopic (exact) mass is 99.0 g/mol. The van der Waals surface area contributed by atoms with E-state index in [1.54, 1.807) is 0 Å². The maximum absolute atomic E-state index is 9.46. The van der Waals surface area contributed by atoms with Gasteiger partial charge < -0.3 is 5.32 Å². The lowest BCUT2D eigenvalue weighted by molar-refractivity contribution is -0.108. The Balaban J connectivity index is 3.36. The van der Waals surface area contributed by atoms with Gasteiger partial charge >= 0.3 is 0 Å². The molecule has 0 bridgehead atoms. The molecule has 0 aromatic heterocycles. The van der Waals surface area contributed by atoms with Gasteiger partial charge in [0.2, 0.25) is 6.41 Å². The smallest absolute Gasteiger partial charge is 0.212 e. The average molecular weight is 99.1 g/mol. The second-order valence-corrected chi connectivity index (χ2v) is 0.821. The van der Waals surface area contributed by atoms with Crippen LogP contribution in [0.4, 0.5) is 0 Å². The lowest BCUT2D eigenvalue weighted by atomic mass is 10.8. The predicted octanol–water partition coefficient (Wildman–Crippen LogP) is 0.235. The van der Waals surface area contributed by atoms with Crippen LogP contribution in [0.3, 0.4) is 0 Å². The first-order valence-electron chi connectivity index (χ1n) is 1.58.